The van der Waals surface area contributed by atoms with Crippen molar-refractivity contribution in [3.63, 3.8) is 0 Å². The van der Waals surface area contributed by atoms with E-state index in [0.29, 0.717) is 5.41 Å². The molecule has 0 aromatic carbocycles. The number of rotatable bonds is 4. The van der Waals surface area contributed by atoms with E-state index >= 15 is 0 Å². The molecule has 2 aliphatic rings. The number of likely N-dealkylation sites (tertiary alicyclic amines) is 1. The van der Waals surface area contributed by atoms with Crippen LogP contribution in [0.5, 0.6) is 0 Å². The molecule has 1 aliphatic heterocycles. The molecule has 0 spiro atoms. The monoisotopic (exact) mass is 329 g/mol. The van der Waals surface area contributed by atoms with Crippen LogP contribution in [0.15, 0.2) is 0 Å². The summed E-state index contributed by atoms with van der Waals surface area (Å²) < 4.78 is 0. The number of hydrogen-bond donors (Lipinski definition) is 0. The van der Waals surface area contributed by atoms with E-state index in [4.69, 9.17) is 0 Å². The van der Waals surface area contributed by atoms with E-state index in [-0.39, 0.29) is 0 Å². The largest absolute Gasteiger partial charge is 0.303 e. The third-order valence-corrected chi connectivity index (χ3v) is 6.71. The smallest absolute Gasteiger partial charge is 0.0100 e. The van der Waals surface area contributed by atoms with Gasteiger partial charge in [0.05, 0.1) is 0 Å². The highest BCUT2D eigenvalue weighted by atomic mass is 79.9. The first-order valence-corrected chi connectivity index (χ1v) is 9.68. The van der Waals surface area contributed by atoms with E-state index in [0.717, 1.165) is 5.92 Å². The second-order valence-electron chi connectivity index (χ2n) is 7.03. The SMILES string of the molecule is CCC1CCCN(CC2(CBr)CCCCCC2)CC1. The predicted molar refractivity (Wildman–Crippen MR) is 88.0 cm³/mol. The first-order valence-electron chi connectivity index (χ1n) is 8.56. The summed E-state index contributed by atoms with van der Waals surface area (Å²) in [5, 5.41) is 1.22. The lowest BCUT2D eigenvalue weighted by atomic mass is 9.82. The van der Waals surface area contributed by atoms with E-state index in [1.54, 1.807) is 0 Å². The summed E-state index contributed by atoms with van der Waals surface area (Å²) in [5.41, 5.74) is 0.586. The van der Waals surface area contributed by atoms with Crippen molar-refractivity contribution in [2.75, 3.05) is 25.0 Å². The fourth-order valence-corrected chi connectivity index (χ4v) is 4.82. The van der Waals surface area contributed by atoms with Gasteiger partial charge >= 0.3 is 0 Å². The maximum Gasteiger partial charge on any atom is 0.0100 e. The maximum atomic E-state index is 3.85. The van der Waals surface area contributed by atoms with Gasteiger partial charge in [0.1, 0.15) is 0 Å². The van der Waals surface area contributed by atoms with Crippen LogP contribution in [0.2, 0.25) is 0 Å². The van der Waals surface area contributed by atoms with Crippen LogP contribution < -0.4 is 0 Å². The molecule has 19 heavy (non-hydrogen) atoms. The van der Waals surface area contributed by atoms with Gasteiger partial charge < -0.3 is 4.90 Å². The number of hydrogen-bond acceptors (Lipinski definition) is 1. The van der Waals surface area contributed by atoms with Crippen LogP contribution in [0.1, 0.15) is 71.1 Å². The van der Waals surface area contributed by atoms with Crippen LogP contribution in [0.3, 0.4) is 0 Å². The fourth-order valence-electron chi connectivity index (χ4n) is 4.08. The summed E-state index contributed by atoms with van der Waals surface area (Å²) in [6.07, 6.45) is 14.5. The minimum atomic E-state index is 0.586. The minimum absolute atomic E-state index is 0.586. The van der Waals surface area contributed by atoms with E-state index in [2.05, 4.69) is 27.8 Å². The van der Waals surface area contributed by atoms with Gasteiger partial charge in [0.25, 0.3) is 0 Å². The molecular weight excluding hydrogens is 298 g/mol. The van der Waals surface area contributed by atoms with Crippen molar-refractivity contribution >= 4 is 15.9 Å². The molecule has 1 nitrogen and oxygen atoms in total. The van der Waals surface area contributed by atoms with Gasteiger partial charge in [-0.3, -0.25) is 0 Å². The van der Waals surface area contributed by atoms with Gasteiger partial charge in [-0.05, 0) is 56.5 Å². The molecule has 0 amide bonds. The van der Waals surface area contributed by atoms with Gasteiger partial charge in [0.2, 0.25) is 0 Å². The molecule has 2 heteroatoms. The Hall–Kier alpha value is 0.440. The van der Waals surface area contributed by atoms with Crippen molar-refractivity contribution in [2.24, 2.45) is 11.3 Å². The van der Waals surface area contributed by atoms with Gasteiger partial charge in [-0.1, -0.05) is 55.0 Å². The van der Waals surface area contributed by atoms with E-state index in [9.17, 15) is 0 Å². The molecule has 2 rings (SSSR count). The standard InChI is InChI=1S/C17H32BrN/c1-2-16-8-7-12-19(13-9-16)15-17(14-18)10-5-3-4-6-11-17/h16H,2-15H2,1H3. The highest BCUT2D eigenvalue weighted by Gasteiger charge is 2.32. The van der Waals surface area contributed by atoms with Gasteiger partial charge in [0.15, 0.2) is 0 Å². The normalized spacial score (nSPS) is 29.7. The topological polar surface area (TPSA) is 3.24 Å². The molecule has 1 saturated heterocycles. The van der Waals surface area contributed by atoms with Crippen molar-refractivity contribution < 1.29 is 0 Å². The van der Waals surface area contributed by atoms with Crippen LogP contribution in [-0.2, 0) is 0 Å². The molecule has 2 fully saturated rings. The third-order valence-electron chi connectivity index (χ3n) is 5.52. The Kier molecular flexibility index (Phi) is 6.68. The van der Waals surface area contributed by atoms with Gasteiger partial charge in [0, 0.05) is 11.9 Å². The molecule has 0 bridgehead atoms. The zero-order valence-electron chi connectivity index (χ0n) is 12.8. The van der Waals surface area contributed by atoms with Crippen LogP contribution in [0, 0.1) is 11.3 Å². The summed E-state index contributed by atoms with van der Waals surface area (Å²) in [7, 11) is 0. The van der Waals surface area contributed by atoms with Crippen LogP contribution in [-0.4, -0.2) is 29.9 Å². The Morgan fingerprint density at radius 1 is 1.00 bits per heavy atom. The van der Waals surface area contributed by atoms with Crippen molar-refractivity contribution in [3.05, 3.63) is 0 Å². The highest BCUT2D eigenvalue weighted by Crippen LogP contribution is 2.38. The van der Waals surface area contributed by atoms with E-state index in [1.807, 2.05) is 0 Å². The first-order chi connectivity index (χ1) is 9.28. The van der Waals surface area contributed by atoms with Crippen molar-refractivity contribution in [2.45, 2.75) is 71.1 Å². The summed E-state index contributed by atoms with van der Waals surface area (Å²) in [5.74, 6) is 0.999. The zero-order chi connectivity index (χ0) is 13.6. The lowest BCUT2D eigenvalue weighted by molar-refractivity contribution is 0.153. The molecule has 1 unspecified atom stereocenters. The average molecular weight is 330 g/mol. The molecule has 1 atom stereocenters. The molecule has 0 radical (unpaired) electrons. The van der Waals surface area contributed by atoms with E-state index < -0.39 is 0 Å². The van der Waals surface area contributed by atoms with Crippen molar-refractivity contribution in [1.82, 2.24) is 4.90 Å². The second-order valence-corrected chi connectivity index (χ2v) is 7.59. The van der Waals surface area contributed by atoms with Crippen LogP contribution in [0.25, 0.3) is 0 Å². The van der Waals surface area contributed by atoms with E-state index in [1.165, 1.54) is 89.2 Å². The quantitative estimate of drug-likeness (QED) is 0.504. The minimum Gasteiger partial charge on any atom is -0.303 e. The van der Waals surface area contributed by atoms with Gasteiger partial charge in [-0.15, -0.1) is 0 Å². The molecule has 1 saturated carbocycles. The summed E-state index contributed by atoms with van der Waals surface area (Å²) >= 11 is 3.85. The maximum absolute atomic E-state index is 3.85. The number of halogens is 1. The Morgan fingerprint density at radius 3 is 2.37 bits per heavy atom. The Bertz CT molecular complexity index is 246. The number of nitrogens with zero attached hydrogens (tertiary/aromatic N) is 1. The first kappa shape index (κ1) is 15.8. The van der Waals surface area contributed by atoms with Gasteiger partial charge in [-0.2, -0.15) is 0 Å². The molecule has 0 aromatic rings. The Morgan fingerprint density at radius 2 is 1.74 bits per heavy atom. The average Bonchev–Trinajstić information content (AvgIpc) is 2.80. The Balaban J connectivity index is 1.89. The molecule has 0 aromatic heterocycles. The molecular formula is C17H32BrN. The molecule has 1 aliphatic carbocycles. The zero-order valence-corrected chi connectivity index (χ0v) is 14.4. The summed E-state index contributed by atoms with van der Waals surface area (Å²) in [6.45, 7) is 6.43. The lowest BCUT2D eigenvalue weighted by Gasteiger charge is -2.36. The van der Waals surface area contributed by atoms with Crippen LogP contribution >= 0.6 is 15.9 Å². The summed E-state index contributed by atoms with van der Waals surface area (Å²) in [6, 6.07) is 0. The molecule has 0 N–H and O–H groups in total. The number of alkyl halides is 1. The van der Waals surface area contributed by atoms with Crippen molar-refractivity contribution in [3.8, 4) is 0 Å². The fraction of sp³-hybridized carbons (Fsp3) is 1.00. The Labute approximate surface area is 128 Å². The van der Waals surface area contributed by atoms with Crippen molar-refractivity contribution in [1.29, 1.82) is 0 Å². The van der Waals surface area contributed by atoms with Crippen LogP contribution in [0.4, 0.5) is 0 Å². The summed E-state index contributed by atoms with van der Waals surface area (Å²) in [4.78, 5) is 2.79. The highest BCUT2D eigenvalue weighted by molar-refractivity contribution is 9.09. The molecule has 1 heterocycles. The predicted octanol–water partition coefficient (Wildman–Crippen LogP) is 5.23. The second kappa shape index (κ2) is 8.02. The molecule has 112 valence electrons. The third kappa shape index (κ3) is 4.74. The lowest BCUT2D eigenvalue weighted by Crippen LogP contribution is -2.39. The van der Waals surface area contributed by atoms with Gasteiger partial charge in [-0.25, -0.2) is 0 Å².